The zero-order valence-corrected chi connectivity index (χ0v) is 33.6. The molecule has 0 saturated carbocycles. The first kappa shape index (κ1) is 54.9. The van der Waals surface area contributed by atoms with Gasteiger partial charge in [-0.15, -0.1) is 0 Å². The third kappa shape index (κ3) is 21.2. The summed E-state index contributed by atoms with van der Waals surface area (Å²) in [6, 6.07) is 20.0. The Kier molecular flexibility index (Phi) is 22.4. The predicted octanol–water partition coefficient (Wildman–Crippen LogP) is 5.23. The van der Waals surface area contributed by atoms with Crippen LogP contribution in [0.4, 0.5) is 50.9 Å². The van der Waals surface area contributed by atoms with Crippen LogP contribution < -0.4 is 9.80 Å². The maximum Gasteiger partial charge on any atom is 3.00 e. The number of hydrogen-bond donors (Lipinski definition) is 0. The summed E-state index contributed by atoms with van der Waals surface area (Å²) in [5.74, 6) is 0. The molecule has 0 N–H and O–H groups in total. The minimum atomic E-state index is -6.09. The Bertz CT molecular complexity index is 2080. The van der Waals surface area contributed by atoms with Crippen molar-refractivity contribution in [3.05, 3.63) is 97.8 Å². The third-order valence-corrected chi connectivity index (χ3v) is 7.25. The standard InChI is InChI=1S/C12H8N2.2C7H10N2.3CHF3O3S.Au/c1-3-9-5-6-10-4-2-8-14-12(10)11(9)13-7-1;2*1-9(2)7-3-5-8-6-4-7;3*2-1(3,4)8(5,6)7;/h1-8H;2*3-6H,1-2H3;3*(H,5,6,7);/q;;;;;;+3/p-3. The number of alkyl halides is 9. The number of fused-ring (bicyclic) bond motifs is 3. The summed E-state index contributed by atoms with van der Waals surface area (Å²) in [4.78, 5) is 20.6. The maximum atomic E-state index is 10.7. The van der Waals surface area contributed by atoms with Crippen molar-refractivity contribution in [3.8, 4) is 0 Å². The van der Waals surface area contributed by atoms with Crippen molar-refractivity contribution in [3.63, 3.8) is 0 Å². The van der Waals surface area contributed by atoms with Crippen molar-refractivity contribution in [2.24, 2.45) is 0 Å². The average molecular weight is 1070 g/mol. The molecule has 28 heteroatoms. The first-order chi connectivity index (χ1) is 25.3. The largest absolute Gasteiger partial charge is 3.00 e. The van der Waals surface area contributed by atoms with Crippen molar-refractivity contribution in [1.29, 1.82) is 0 Å². The summed E-state index contributed by atoms with van der Waals surface area (Å²) in [7, 11) is -10.2. The van der Waals surface area contributed by atoms with Gasteiger partial charge in [-0.25, -0.2) is 25.3 Å². The van der Waals surface area contributed by atoms with E-state index < -0.39 is 46.9 Å². The van der Waals surface area contributed by atoms with Crippen LogP contribution in [0.5, 0.6) is 0 Å². The van der Waals surface area contributed by atoms with Gasteiger partial charge in [-0.3, -0.25) is 19.9 Å². The van der Waals surface area contributed by atoms with Gasteiger partial charge in [-0.2, -0.15) is 39.5 Å². The molecule has 0 aliphatic carbocycles. The Morgan fingerprint density at radius 3 is 0.860 bits per heavy atom. The van der Waals surface area contributed by atoms with E-state index in [4.69, 9.17) is 38.9 Å². The molecule has 5 rings (SSSR count). The van der Waals surface area contributed by atoms with Crippen LogP contribution in [-0.4, -0.2) is 104 Å². The number of rotatable bonds is 2. The third-order valence-electron chi connectivity index (χ3n) is 5.55. The number of aromatic nitrogens is 4. The molecule has 15 nitrogen and oxygen atoms in total. The summed E-state index contributed by atoms with van der Waals surface area (Å²) < 4.78 is 177. The van der Waals surface area contributed by atoms with Crippen molar-refractivity contribution in [2.45, 2.75) is 16.5 Å². The number of hydrogen-bond acceptors (Lipinski definition) is 15. The first-order valence-electron chi connectivity index (χ1n) is 14.1. The molecule has 0 aliphatic rings. The Balaban J connectivity index is 0. The molecule has 4 aromatic heterocycles. The maximum absolute atomic E-state index is 10.7. The van der Waals surface area contributed by atoms with Gasteiger partial charge in [0.1, 0.15) is 0 Å². The van der Waals surface area contributed by atoms with Crippen molar-refractivity contribution < 1.29 is 101 Å². The van der Waals surface area contributed by atoms with Crippen LogP contribution in [0, 0.1) is 0 Å². The van der Waals surface area contributed by atoms with E-state index in [1.165, 1.54) is 11.4 Å². The van der Waals surface area contributed by atoms with Crippen LogP contribution in [0.1, 0.15) is 0 Å². The van der Waals surface area contributed by atoms with Crippen LogP contribution in [0.3, 0.4) is 0 Å². The van der Waals surface area contributed by atoms with Gasteiger partial charge in [0.05, 0.1) is 11.0 Å². The molecule has 5 aromatic rings. The Labute approximate surface area is 335 Å². The van der Waals surface area contributed by atoms with Crippen molar-refractivity contribution >= 4 is 63.5 Å². The Hall–Kier alpha value is -4.22. The Morgan fingerprint density at radius 2 is 0.684 bits per heavy atom. The topological polar surface area (TPSA) is 230 Å². The number of nitrogens with zero attached hydrogens (tertiary/aromatic N) is 6. The normalized spacial score (nSPS) is 11.4. The van der Waals surface area contributed by atoms with E-state index >= 15 is 0 Å². The van der Waals surface area contributed by atoms with Gasteiger partial charge in [0.25, 0.3) is 0 Å². The van der Waals surface area contributed by atoms with E-state index in [1.54, 1.807) is 37.2 Å². The molecule has 0 bridgehead atoms. The number of halogens is 9. The molecule has 0 spiro atoms. The monoisotopic (exact) mass is 1070 g/mol. The molecule has 0 radical (unpaired) electrons. The van der Waals surface area contributed by atoms with Gasteiger partial charge < -0.3 is 23.5 Å². The van der Waals surface area contributed by atoms with Gasteiger partial charge in [-0.05, 0) is 36.4 Å². The fraction of sp³-hybridized carbons (Fsp3) is 0.241. The molecular weight excluding hydrogens is 1040 g/mol. The van der Waals surface area contributed by atoms with Gasteiger partial charge in [0.2, 0.25) is 0 Å². The quantitative estimate of drug-likeness (QED) is 0.0725. The van der Waals surface area contributed by atoms with E-state index in [9.17, 15) is 39.5 Å². The second-order valence-electron chi connectivity index (χ2n) is 10.1. The molecule has 57 heavy (non-hydrogen) atoms. The van der Waals surface area contributed by atoms with E-state index in [1.807, 2.05) is 74.4 Å². The Morgan fingerprint density at radius 1 is 0.456 bits per heavy atom. The van der Waals surface area contributed by atoms with Crippen molar-refractivity contribution in [2.75, 3.05) is 38.0 Å². The zero-order valence-electron chi connectivity index (χ0n) is 29.0. The molecule has 1 aromatic carbocycles. The van der Waals surface area contributed by atoms with E-state index in [2.05, 4.69) is 44.2 Å². The fourth-order valence-corrected chi connectivity index (χ4v) is 2.96. The fourth-order valence-electron chi connectivity index (χ4n) is 2.96. The summed E-state index contributed by atoms with van der Waals surface area (Å²) in [5.41, 5.74) is -12.6. The SMILES string of the molecule is CN(C)c1ccncc1.CN(C)c1ccncc1.O=S(=O)([O-])C(F)(F)F.O=S(=O)([O-])C(F)(F)F.O=S(=O)([O-])C(F)(F)F.[Au+3].c1cnc2c(c1)ccc1cccnc12. The summed E-state index contributed by atoms with van der Waals surface area (Å²) in [6.07, 6.45) is 10.8. The predicted molar refractivity (Wildman–Crippen MR) is 181 cm³/mol. The van der Waals surface area contributed by atoms with E-state index in [0.717, 1.165) is 21.8 Å². The van der Waals surface area contributed by atoms with Crippen LogP contribution in [-0.2, 0) is 52.7 Å². The average Bonchev–Trinajstić information content (AvgIpc) is 3.08. The molecular formula is C29H28AuF9N6O9S3. The summed E-state index contributed by atoms with van der Waals surface area (Å²) in [5, 5.41) is 2.28. The molecule has 0 fully saturated rings. The molecule has 0 saturated heterocycles. The van der Waals surface area contributed by atoms with Gasteiger partial charge in [-0.1, -0.05) is 24.3 Å². The van der Waals surface area contributed by atoms with Crippen LogP contribution in [0.25, 0.3) is 21.8 Å². The van der Waals surface area contributed by atoms with E-state index in [-0.39, 0.29) is 22.4 Å². The smallest absolute Gasteiger partial charge is 0.741 e. The second kappa shape index (κ2) is 23.3. The molecule has 4 heterocycles. The van der Waals surface area contributed by atoms with Crippen LogP contribution >= 0.6 is 0 Å². The number of benzene rings is 1. The second-order valence-corrected chi connectivity index (χ2v) is 14.2. The van der Waals surface area contributed by atoms with Gasteiger partial charge in [0.15, 0.2) is 30.4 Å². The first-order valence-corrected chi connectivity index (χ1v) is 18.3. The van der Waals surface area contributed by atoms with E-state index in [0.29, 0.717) is 0 Å². The van der Waals surface area contributed by atoms with Crippen LogP contribution in [0.2, 0.25) is 0 Å². The minimum Gasteiger partial charge on any atom is -0.741 e. The molecule has 0 atom stereocenters. The molecule has 320 valence electrons. The summed E-state index contributed by atoms with van der Waals surface area (Å²) >= 11 is 0. The zero-order chi connectivity index (χ0) is 43.8. The summed E-state index contributed by atoms with van der Waals surface area (Å²) in [6.45, 7) is 0. The van der Waals surface area contributed by atoms with Crippen LogP contribution in [0.15, 0.2) is 97.8 Å². The molecule has 0 aliphatic heterocycles. The molecule has 0 amide bonds. The minimum absolute atomic E-state index is 0. The molecule has 0 unspecified atom stereocenters. The number of pyridine rings is 4. The van der Waals surface area contributed by atoms with Gasteiger partial charge >= 0.3 is 38.9 Å². The number of anilines is 2. The van der Waals surface area contributed by atoms with Crippen molar-refractivity contribution in [1.82, 2.24) is 19.9 Å². The van der Waals surface area contributed by atoms with Gasteiger partial charge in [0, 0.05) is 87.5 Å².